The highest BCUT2D eigenvalue weighted by molar-refractivity contribution is 6.48. The van der Waals surface area contributed by atoms with Gasteiger partial charge in [0.2, 0.25) is 0 Å². The molecule has 204 valence electrons. The SMILES string of the molecule is N#Cc1ccc(NNC(=O)c2ccc(C(F)=CC(c3cc(Cl)c(Cl)c(Cl)c3)C(F)(F)F)cc2C(F)(F)F)cc1. The number of nitriles is 1. The van der Waals surface area contributed by atoms with Crippen molar-refractivity contribution in [2.45, 2.75) is 18.3 Å². The lowest BCUT2D eigenvalue weighted by atomic mass is 9.95. The third-order valence-electron chi connectivity index (χ3n) is 5.21. The van der Waals surface area contributed by atoms with Crippen molar-refractivity contribution in [1.82, 2.24) is 5.43 Å². The van der Waals surface area contributed by atoms with Crippen LogP contribution in [0.15, 0.2) is 60.7 Å². The molecule has 3 aromatic carbocycles. The largest absolute Gasteiger partial charge is 0.417 e. The molecule has 0 saturated carbocycles. The van der Waals surface area contributed by atoms with Gasteiger partial charge in [0.05, 0.1) is 43.5 Å². The summed E-state index contributed by atoms with van der Waals surface area (Å²) in [5, 5.41) is 7.88. The maximum absolute atomic E-state index is 15.0. The van der Waals surface area contributed by atoms with Gasteiger partial charge in [-0.2, -0.15) is 31.6 Å². The molecule has 2 N–H and O–H groups in total. The summed E-state index contributed by atoms with van der Waals surface area (Å²) in [6.07, 6.45) is -10.2. The number of rotatable bonds is 6. The van der Waals surface area contributed by atoms with Gasteiger partial charge in [-0.25, -0.2) is 4.39 Å². The van der Waals surface area contributed by atoms with Gasteiger partial charge in [-0.15, -0.1) is 0 Å². The lowest BCUT2D eigenvalue weighted by Gasteiger charge is -2.19. The fraction of sp³-hybridized carbons (Fsp3) is 0.120. The van der Waals surface area contributed by atoms with Gasteiger partial charge in [0, 0.05) is 5.56 Å². The van der Waals surface area contributed by atoms with Gasteiger partial charge < -0.3 is 0 Å². The van der Waals surface area contributed by atoms with E-state index in [9.17, 15) is 35.5 Å². The normalized spacial score (nSPS) is 13.0. The molecule has 1 atom stereocenters. The minimum Gasteiger partial charge on any atom is -0.298 e. The maximum atomic E-state index is 15.0. The van der Waals surface area contributed by atoms with Crippen LogP contribution in [0.1, 0.15) is 38.5 Å². The number of nitrogens with zero attached hydrogens (tertiary/aromatic N) is 1. The van der Waals surface area contributed by atoms with E-state index < -0.39 is 52.3 Å². The first-order chi connectivity index (χ1) is 18.1. The summed E-state index contributed by atoms with van der Waals surface area (Å²) in [6, 6.07) is 10.6. The molecule has 0 aliphatic carbocycles. The van der Waals surface area contributed by atoms with Gasteiger partial charge >= 0.3 is 12.4 Å². The monoisotopic (exact) mass is 609 g/mol. The third kappa shape index (κ3) is 7.35. The number of hydrogen-bond donors (Lipinski definition) is 2. The molecule has 0 fully saturated rings. The van der Waals surface area contributed by atoms with Crippen LogP contribution in [-0.4, -0.2) is 12.1 Å². The van der Waals surface area contributed by atoms with Crippen LogP contribution in [0.4, 0.5) is 36.4 Å². The topological polar surface area (TPSA) is 64.9 Å². The van der Waals surface area contributed by atoms with Crippen LogP contribution >= 0.6 is 34.8 Å². The fourth-order valence-electron chi connectivity index (χ4n) is 3.33. The van der Waals surface area contributed by atoms with Gasteiger partial charge in [-0.1, -0.05) is 40.9 Å². The summed E-state index contributed by atoms with van der Waals surface area (Å²) >= 11 is 17.3. The Hall–Kier alpha value is -3.46. The molecule has 1 unspecified atom stereocenters. The second kappa shape index (κ2) is 11.7. The molecule has 0 radical (unpaired) electrons. The third-order valence-corrected chi connectivity index (χ3v) is 6.41. The van der Waals surface area contributed by atoms with Crippen molar-refractivity contribution in [1.29, 1.82) is 5.26 Å². The van der Waals surface area contributed by atoms with Crippen LogP contribution in [0, 0.1) is 11.3 Å². The summed E-state index contributed by atoms with van der Waals surface area (Å²) in [6.45, 7) is 0. The Bertz CT molecular complexity index is 1440. The van der Waals surface area contributed by atoms with Crippen LogP contribution in [0.2, 0.25) is 15.1 Å². The van der Waals surface area contributed by atoms with E-state index in [1.165, 1.54) is 24.3 Å². The van der Waals surface area contributed by atoms with Crippen molar-refractivity contribution in [3.8, 4) is 6.07 Å². The quantitative estimate of drug-likeness (QED) is 0.166. The van der Waals surface area contributed by atoms with Crippen LogP contribution in [0.3, 0.4) is 0 Å². The molecule has 39 heavy (non-hydrogen) atoms. The van der Waals surface area contributed by atoms with E-state index in [1.807, 2.05) is 11.5 Å². The Labute approximate surface area is 231 Å². The van der Waals surface area contributed by atoms with Crippen molar-refractivity contribution in [2.75, 3.05) is 5.43 Å². The number of alkyl halides is 6. The first-order valence-corrected chi connectivity index (χ1v) is 11.6. The number of nitrogens with one attached hydrogen (secondary N) is 2. The molecule has 0 aromatic heterocycles. The molecule has 4 nitrogen and oxygen atoms in total. The Kier molecular flexibility index (Phi) is 9.05. The Morgan fingerprint density at radius 2 is 1.51 bits per heavy atom. The second-order valence-electron chi connectivity index (χ2n) is 7.86. The molecule has 14 heteroatoms. The number of halogens is 10. The van der Waals surface area contributed by atoms with Crippen molar-refractivity contribution >= 4 is 52.2 Å². The Balaban J connectivity index is 1.96. The average Bonchev–Trinajstić information content (AvgIpc) is 2.87. The lowest BCUT2D eigenvalue weighted by Crippen LogP contribution is -2.31. The van der Waals surface area contributed by atoms with Gasteiger partial charge in [0.15, 0.2) is 0 Å². The summed E-state index contributed by atoms with van der Waals surface area (Å²) in [4.78, 5) is 12.5. The molecule has 0 spiro atoms. The zero-order valence-corrected chi connectivity index (χ0v) is 21.3. The molecule has 0 saturated heterocycles. The molecule has 0 aliphatic heterocycles. The predicted octanol–water partition coefficient (Wildman–Crippen LogP) is 8.95. The van der Waals surface area contributed by atoms with Crippen molar-refractivity contribution in [3.63, 3.8) is 0 Å². The number of allylic oxidation sites excluding steroid dienone is 1. The van der Waals surface area contributed by atoms with Crippen molar-refractivity contribution < 1.29 is 35.5 Å². The first kappa shape index (κ1) is 30.1. The summed E-state index contributed by atoms with van der Waals surface area (Å²) < 4.78 is 97.5. The van der Waals surface area contributed by atoms with Gasteiger partial charge in [0.1, 0.15) is 11.7 Å². The van der Waals surface area contributed by atoms with Crippen LogP contribution < -0.4 is 10.9 Å². The minimum absolute atomic E-state index is 0.0670. The molecule has 3 aromatic rings. The molecule has 0 bridgehead atoms. The van der Waals surface area contributed by atoms with E-state index in [-0.39, 0.29) is 32.9 Å². The van der Waals surface area contributed by atoms with E-state index >= 15 is 0 Å². The van der Waals surface area contributed by atoms with Crippen molar-refractivity contribution in [3.05, 3.63) is 104 Å². The number of amides is 1. The van der Waals surface area contributed by atoms with Crippen LogP contribution in [-0.2, 0) is 6.18 Å². The summed E-state index contributed by atoms with van der Waals surface area (Å²) in [5.74, 6) is -5.55. The highest BCUT2D eigenvalue weighted by Gasteiger charge is 2.41. The van der Waals surface area contributed by atoms with E-state index in [0.29, 0.717) is 11.6 Å². The number of anilines is 1. The molecule has 0 aliphatic rings. The zero-order valence-electron chi connectivity index (χ0n) is 19.0. The molecule has 1 amide bonds. The number of hydrogen-bond acceptors (Lipinski definition) is 3. The number of benzene rings is 3. The molecule has 0 heterocycles. The smallest absolute Gasteiger partial charge is 0.298 e. The Morgan fingerprint density at radius 3 is 2.03 bits per heavy atom. The van der Waals surface area contributed by atoms with E-state index in [1.54, 1.807) is 0 Å². The zero-order chi connectivity index (χ0) is 29.1. The second-order valence-corrected chi connectivity index (χ2v) is 9.05. The highest BCUT2D eigenvalue weighted by atomic mass is 35.5. The molecular weight excluding hydrogens is 598 g/mol. The molecule has 3 rings (SSSR count). The minimum atomic E-state index is -5.17. The maximum Gasteiger partial charge on any atom is 0.417 e. The van der Waals surface area contributed by atoms with E-state index in [2.05, 4.69) is 5.43 Å². The van der Waals surface area contributed by atoms with Gasteiger partial charge in [-0.05, 0) is 60.2 Å². The van der Waals surface area contributed by atoms with Crippen LogP contribution in [0.5, 0.6) is 0 Å². The summed E-state index contributed by atoms with van der Waals surface area (Å²) in [7, 11) is 0. The number of carbonyl (C=O) groups excluding carboxylic acids is 1. The van der Waals surface area contributed by atoms with E-state index in [0.717, 1.165) is 18.2 Å². The van der Waals surface area contributed by atoms with Gasteiger partial charge in [0.25, 0.3) is 5.91 Å². The predicted molar refractivity (Wildman–Crippen MR) is 133 cm³/mol. The number of carbonyl (C=O) groups is 1. The van der Waals surface area contributed by atoms with Crippen molar-refractivity contribution in [2.24, 2.45) is 0 Å². The fourth-order valence-corrected chi connectivity index (χ4v) is 3.94. The lowest BCUT2D eigenvalue weighted by molar-refractivity contribution is -0.140. The average molecular weight is 611 g/mol. The Morgan fingerprint density at radius 1 is 0.923 bits per heavy atom. The standard InChI is InChI=1S/C25H13Cl3F7N3O/c26-19-8-14(9-20(27)22(19)28)17(24(30,31)32)10-21(29)13-3-6-16(18(7-13)25(33,34)35)23(39)38-37-15-4-1-12(11-36)2-5-15/h1-10,17,37H,(H,38,39). The molecular formula is C25H13Cl3F7N3O. The number of hydrazine groups is 1. The highest BCUT2D eigenvalue weighted by Crippen LogP contribution is 2.42. The van der Waals surface area contributed by atoms with E-state index in [4.69, 9.17) is 40.1 Å². The summed E-state index contributed by atoms with van der Waals surface area (Å²) in [5.41, 5.74) is 0.959. The van der Waals surface area contributed by atoms with Gasteiger partial charge in [-0.3, -0.25) is 15.6 Å². The first-order valence-electron chi connectivity index (χ1n) is 10.5. The van der Waals surface area contributed by atoms with Crippen LogP contribution in [0.25, 0.3) is 5.83 Å².